The Kier molecular flexibility index (Phi) is 50.0. The number of carbonyl (C=O) groups excluding carboxylic acids is 4. The van der Waals surface area contributed by atoms with E-state index < -0.39 is 13.3 Å². The van der Waals surface area contributed by atoms with Crippen LogP contribution in [0.1, 0.15) is 95.4 Å². The Bertz CT molecular complexity index is 900. The Morgan fingerprint density at radius 1 is 0.784 bits per heavy atom. The minimum atomic E-state index is -2.75. The number of amides is 1. The molecule has 0 aromatic heterocycles. The summed E-state index contributed by atoms with van der Waals surface area (Å²) in [4.78, 5) is 48.4. The number of hydroxylamine groups is 2. The van der Waals surface area contributed by atoms with Crippen molar-refractivity contribution in [2.45, 2.75) is 114 Å². The Morgan fingerprint density at radius 3 is 1.51 bits per heavy atom. The second-order valence-electron chi connectivity index (χ2n) is 10.9. The molecule has 0 aromatic rings. The van der Waals surface area contributed by atoms with E-state index in [1.54, 1.807) is 48.3 Å². The van der Waals surface area contributed by atoms with Gasteiger partial charge >= 0.3 is 5.97 Å². The third-order valence-corrected chi connectivity index (χ3v) is 8.73. The molecule has 7 atom stereocenters. The number of methoxy groups -OCH3 is 3. The van der Waals surface area contributed by atoms with Crippen LogP contribution < -0.4 is 0 Å². The number of esters is 1. The van der Waals surface area contributed by atoms with Crippen LogP contribution >= 0.6 is 30.6 Å². The Balaban J connectivity index is -0.000000129. The van der Waals surface area contributed by atoms with E-state index in [-0.39, 0.29) is 60.8 Å². The summed E-state index contributed by atoms with van der Waals surface area (Å²) >= 11 is 9.53. The van der Waals surface area contributed by atoms with Gasteiger partial charge < -0.3 is 28.3 Å². The average molecular weight is 799 g/mol. The van der Waals surface area contributed by atoms with E-state index in [0.717, 1.165) is 25.5 Å². The summed E-state index contributed by atoms with van der Waals surface area (Å²) < 4.78 is 36.4. The molecule has 15 heteroatoms. The molecular formula is C36H74Cl2NO11P. The quantitative estimate of drug-likeness (QED) is 0.0292. The zero-order valence-corrected chi connectivity index (χ0v) is 35.9. The maximum absolute atomic E-state index is 11.6. The van der Waals surface area contributed by atoms with Gasteiger partial charge in [0.15, 0.2) is 5.78 Å². The van der Waals surface area contributed by atoms with E-state index in [9.17, 15) is 23.7 Å². The van der Waals surface area contributed by atoms with Crippen LogP contribution in [0.5, 0.6) is 0 Å². The molecule has 0 aliphatic heterocycles. The SMILES string of the molecule is C.CCC(=O)/C=C/[C@@H](C)[C@@H](CC)OC.CCOC(=O)CP(C)(=O)OCC.CC[C@@H](OC)[C@H](C)C(=O)N(C)OC.CC[C@@H](OC)[C@H](C)C=O.ClCCl. The molecule has 12 nitrogen and oxygen atoms in total. The van der Waals surface area contributed by atoms with Crippen LogP contribution in [0.25, 0.3) is 0 Å². The third kappa shape index (κ3) is 36.8. The molecule has 1 unspecified atom stereocenters. The lowest BCUT2D eigenvalue weighted by molar-refractivity contribution is -0.177. The van der Waals surface area contributed by atoms with Crippen molar-refractivity contribution in [3.05, 3.63) is 12.2 Å². The number of allylic oxidation sites excluding steroid dienone is 1. The highest BCUT2D eigenvalue weighted by Crippen LogP contribution is 2.41. The normalized spacial score (nSPS) is 14.8. The molecular weight excluding hydrogens is 724 g/mol. The topological polar surface area (TPSA) is 144 Å². The van der Waals surface area contributed by atoms with Gasteiger partial charge in [0.05, 0.1) is 49.9 Å². The van der Waals surface area contributed by atoms with Crippen LogP contribution in [0, 0.1) is 17.8 Å². The van der Waals surface area contributed by atoms with Crippen LogP contribution in [0.3, 0.4) is 0 Å². The molecule has 0 N–H and O–H groups in total. The summed E-state index contributed by atoms with van der Waals surface area (Å²) in [6, 6.07) is 0. The van der Waals surface area contributed by atoms with Crippen molar-refractivity contribution in [1.29, 1.82) is 0 Å². The van der Waals surface area contributed by atoms with Gasteiger partial charge in [0.25, 0.3) is 5.91 Å². The van der Waals surface area contributed by atoms with Crippen molar-refractivity contribution in [1.82, 2.24) is 5.06 Å². The number of aldehydes is 1. The predicted molar refractivity (Wildman–Crippen MR) is 211 cm³/mol. The van der Waals surface area contributed by atoms with Gasteiger partial charge in [-0.05, 0) is 39.2 Å². The van der Waals surface area contributed by atoms with Crippen LogP contribution in [-0.2, 0) is 52.1 Å². The second-order valence-corrected chi connectivity index (χ2v) is 14.3. The molecule has 308 valence electrons. The first-order valence-electron chi connectivity index (χ1n) is 17.0. The van der Waals surface area contributed by atoms with Crippen molar-refractivity contribution in [2.75, 3.05) is 66.9 Å². The largest absolute Gasteiger partial charge is 0.466 e. The van der Waals surface area contributed by atoms with Crippen molar-refractivity contribution >= 4 is 54.5 Å². The van der Waals surface area contributed by atoms with Crippen molar-refractivity contribution in [3.8, 4) is 0 Å². The molecule has 1 amide bonds. The van der Waals surface area contributed by atoms with E-state index >= 15 is 0 Å². The lowest BCUT2D eigenvalue weighted by Crippen LogP contribution is -2.37. The first-order chi connectivity index (χ1) is 23.4. The summed E-state index contributed by atoms with van der Waals surface area (Å²) in [5, 5.41) is 1.42. The Morgan fingerprint density at radius 2 is 1.22 bits per heavy atom. The first-order valence-corrected chi connectivity index (χ1v) is 20.3. The number of nitrogens with zero attached hydrogens (tertiary/aromatic N) is 1. The van der Waals surface area contributed by atoms with Gasteiger partial charge in [0.2, 0.25) is 7.37 Å². The number of ether oxygens (including phenoxy) is 4. The van der Waals surface area contributed by atoms with Crippen LogP contribution in [0.2, 0.25) is 0 Å². The van der Waals surface area contributed by atoms with Gasteiger partial charge in [-0.15, -0.1) is 23.2 Å². The van der Waals surface area contributed by atoms with Crippen LogP contribution in [-0.4, -0.2) is 114 Å². The van der Waals surface area contributed by atoms with E-state index in [0.29, 0.717) is 25.6 Å². The van der Waals surface area contributed by atoms with E-state index in [2.05, 4.69) is 18.6 Å². The third-order valence-electron chi connectivity index (χ3n) is 7.09. The minimum Gasteiger partial charge on any atom is -0.466 e. The van der Waals surface area contributed by atoms with Gasteiger partial charge in [-0.25, -0.2) is 5.06 Å². The molecule has 0 aliphatic rings. The number of carbonyl (C=O) groups is 4. The van der Waals surface area contributed by atoms with Gasteiger partial charge in [-0.2, -0.15) is 0 Å². The molecule has 0 fully saturated rings. The van der Waals surface area contributed by atoms with Gasteiger partial charge in [-0.3, -0.25) is 23.8 Å². The molecule has 0 rings (SSSR count). The van der Waals surface area contributed by atoms with Gasteiger partial charge in [0.1, 0.15) is 12.4 Å². The number of alkyl halides is 2. The molecule has 0 radical (unpaired) electrons. The smallest absolute Gasteiger partial charge is 0.315 e. The predicted octanol–water partition coefficient (Wildman–Crippen LogP) is 8.45. The molecule has 0 spiro atoms. The van der Waals surface area contributed by atoms with E-state index in [4.69, 9.17) is 46.8 Å². The summed E-state index contributed by atoms with van der Waals surface area (Å²) in [5.74, 6) is -0.170. The number of rotatable bonds is 20. The average Bonchev–Trinajstić information content (AvgIpc) is 3.08. The van der Waals surface area contributed by atoms with Crippen LogP contribution in [0.4, 0.5) is 0 Å². The molecule has 51 heavy (non-hydrogen) atoms. The monoisotopic (exact) mass is 797 g/mol. The maximum atomic E-state index is 11.6. The minimum absolute atomic E-state index is 0. The fourth-order valence-corrected chi connectivity index (χ4v) is 5.31. The molecule has 0 aliphatic carbocycles. The van der Waals surface area contributed by atoms with Crippen molar-refractivity contribution in [3.63, 3.8) is 0 Å². The molecule has 0 heterocycles. The zero-order valence-electron chi connectivity index (χ0n) is 33.5. The molecule has 0 bridgehead atoms. The second kappa shape index (κ2) is 41.4. The van der Waals surface area contributed by atoms with Crippen LogP contribution in [0.15, 0.2) is 12.2 Å². The number of halogens is 2. The van der Waals surface area contributed by atoms with Crippen molar-refractivity contribution < 1.29 is 52.1 Å². The number of ketones is 1. The summed E-state index contributed by atoms with van der Waals surface area (Å²) in [6.45, 7) is 19.3. The van der Waals surface area contributed by atoms with E-state index in [1.807, 2.05) is 40.7 Å². The standard InChI is InChI=1S/C11H20O2.C9H19NO3.C7H15O4P.C7H14O2.CH2Cl2.CH4/c1-5-10(12)8-7-9(3)11(6-2)13-4;1-6-8(12-4)7(2)9(11)10(3)13-5;1-4-10-7(8)6-12(3,9)11-5-2;1-4-7(9-3)6(2)5-8;2-1-3;/h7-9,11H,5-6H2,1-4H3;7-8H,6H2,1-5H3;4-6H2,1-3H3;5-7H,4H2,1-3H3;1H2;1H4/b8-7+;;;;;/t9-,11-;7-,8+;;6-,7-;;/m10.1../s1. The highest BCUT2D eigenvalue weighted by molar-refractivity contribution is 7.59. The summed E-state index contributed by atoms with van der Waals surface area (Å²) in [7, 11) is 5.27. The molecule has 0 aromatic carbocycles. The lowest BCUT2D eigenvalue weighted by Gasteiger charge is -2.24. The molecule has 0 saturated heterocycles. The number of hydrogen-bond donors (Lipinski definition) is 0. The van der Waals surface area contributed by atoms with Gasteiger partial charge in [-0.1, -0.05) is 62.0 Å². The maximum Gasteiger partial charge on any atom is 0.315 e. The number of hydrogen-bond acceptors (Lipinski definition) is 11. The van der Waals surface area contributed by atoms with Crippen molar-refractivity contribution in [2.24, 2.45) is 17.8 Å². The fraction of sp³-hybridized carbons (Fsp3) is 0.833. The zero-order chi connectivity index (χ0) is 40.3. The lowest BCUT2D eigenvalue weighted by atomic mass is 10.0. The highest BCUT2D eigenvalue weighted by atomic mass is 35.5. The Hall–Kier alpha value is -1.37. The summed E-state index contributed by atoms with van der Waals surface area (Å²) in [5.41, 5.74) is 0. The first kappa shape index (κ1) is 61.7. The highest BCUT2D eigenvalue weighted by Gasteiger charge is 2.25. The Labute approximate surface area is 321 Å². The fourth-order valence-electron chi connectivity index (χ4n) is 4.11. The summed E-state index contributed by atoms with van der Waals surface area (Å²) in [6.07, 6.45) is 7.95. The van der Waals surface area contributed by atoms with Gasteiger partial charge in [0, 0.05) is 53.3 Å². The van der Waals surface area contributed by atoms with E-state index in [1.165, 1.54) is 18.8 Å². The molecule has 0 saturated carbocycles.